The summed E-state index contributed by atoms with van der Waals surface area (Å²) in [5, 5.41) is 2.34. The summed E-state index contributed by atoms with van der Waals surface area (Å²) in [4.78, 5) is 48.9. The smallest absolute Gasteiger partial charge is 0.329 e. The first kappa shape index (κ1) is 28.9. The number of imidazole rings is 1. The van der Waals surface area contributed by atoms with Crippen molar-refractivity contribution in [2.45, 2.75) is 83.3 Å². The monoisotopic (exact) mass is 543 g/mol. The first-order chi connectivity index (χ1) is 19.5. The van der Waals surface area contributed by atoms with Gasteiger partial charge < -0.3 is 4.74 Å². The summed E-state index contributed by atoms with van der Waals surface area (Å²) >= 11 is 0. The third-order valence-corrected chi connectivity index (χ3v) is 7.27. The Bertz CT molecular complexity index is 1460. The molecule has 2 amide bonds. The highest BCUT2D eigenvalue weighted by atomic mass is 16.5. The minimum Gasteiger partial charge on any atom is -0.461 e. The highest BCUT2D eigenvalue weighted by Gasteiger charge is 2.31. The first-order valence-electron chi connectivity index (χ1n) is 14.2. The van der Waals surface area contributed by atoms with Gasteiger partial charge in [-0.05, 0) is 37.0 Å². The number of fused-ring (bicyclic) bond motifs is 1. The van der Waals surface area contributed by atoms with Crippen LogP contribution in [0.15, 0.2) is 53.3 Å². The van der Waals surface area contributed by atoms with Crippen molar-refractivity contribution in [2.75, 3.05) is 0 Å². The average molecular weight is 544 g/mol. The molecule has 8 heteroatoms. The fourth-order valence-electron chi connectivity index (χ4n) is 5.10. The molecule has 2 heterocycles. The van der Waals surface area contributed by atoms with Gasteiger partial charge in [-0.25, -0.2) is 4.79 Å². The van der Waals surface area contributed by atoms with Gasteiger partial charge in [0.15, 0.2) is 0 Å². The number of nitrogens with zero attached hydrogens (tertiary/aromatic N) is 2. The van der Waals surface area contributed by atoms with Gasteiger partial charge in [-0.1, -0.05) is 80.3 Å². The third-order valence-electron chi connectivity index (χ3n) is 7.27. The molecular weight excluding hydrogens is 506 g/mol. The second-order valence-corrected chi connectivity index (χ2v) is 10.3. The van der Waals surface area contributed by atoms with E-state index in [1.165, 1.54) is 9.13 Å². The summed E-state index contributed by atoms with van der Waals surface area (Å²) in [5.41, 5.74) is 2.83. The van der Waals surface area contributed by atoms with Crippen LogP contribution in [0.4, 0.5) is 0 Å². The van der Waals surface area contributed by atoms with E-state index in [1.54, 1.807) is 7.05 Å². The minimum atomic E-state index is -0.703. The maximum atomic E-state index is 13.0. The minimum absolute atomic E-state index is 0.134. The Labute approximate surface area is 234 Å². The molecule has 40 heavy (non-hydrogen) atoms. The number of carbonyl (C=O) groups excluding carboxylic acids is 3. The summed E-state index contributed by atoms with van der Waals surface area (Å²) in [5.74, 6) is 5.58. The lowest BCUT2D eigenvalue weighted by molar-refractivity contribution is -0.145. The zero-order valence-corrected chi connectivity index (χ0v) is 23.1. The lowest BCUT2D eigenvalue weighted by atomic mass is 10.1. The quantitative estimate of drug-likeness (QED) is 0.151. The number of amides is 2. The van der Waals surface area contributed by atoms with Crippen LogP contribution in [0.1, 0.15) is 87.8 Å². The van der Waals surface area contributed by atoms with Crippen LogP contribution < -0.4 is 11.0 Å². The number of piperidine rings is 1. The van der Waals surface area contributed by atoms with Crippen LogP contribution in [0.25, 0.3) is 11.0 Å². The van der Waals surface area contributed by atoms with Crippen molar-refractivity contribution in [3.63, 3.8) is 0 Å². The predicted molar refractivity (Wildman–Crippen MR) is 153 cm³/mol. The summed E-state index contributed by atoms with van der Waals surface area (Å²) in [6, 6.07) is 14.6. The molecule has 8 nitrogen and oxygen atoms in total. The molecule has 2 aromatic carbocycles. The number of aromatic nitrogens is 2. The van der Waals surface area contributed by atoms with Crippen molar-refractivity contribution in [3.05, 3.63) is 70.1 Å². The highest BCUT2D eigenvalue weighted by molar-refractivity contribution is 6.00. The number of benzene rings is 2. The van der Waals surface area contributed by atoms with E-state index >= 15 is 0 Å². The Kier molecular flexibility index (Phi) is 10.3. The van der Waals surface area contributed by atoms with Gasteiger partial charge in [-0.15, -0.1) is 0 Å². The van der Waals surface area contributed by atoms with E-state index in [0.717, 1.165) is 62.5 Å². The Balaban J connectivity index is 1.16. The van der Waals surface area contributed by atoms with Gasteiger partial charge >= 0.3 is 11.7 Å². The lowest BCUT2D eigenvalue weighted by Crippen LogP contribution is -2.44. The predicted octanol–water partition coefficient (Wildman–Crippen LogP) is 4.92. The van der Waals surface area contributed by atoms with E-state index in [-0.39, 0.29) is 24.0 Å². The van der Waals surface area contributed by atoms with Crippen molar-refractivity contribution >= 4 is 28.8 Å². The van der Waals surface area contributed by atoms with Crippen LogP contribution in [0.2, 0.25) is 0 Å². The number of imide groups is 1. The Morgan fingerprint density at radius 1 is 0.950 bits per heavy atom. The van der Waals surface area contributed by atoms with Crippen LogP contribution >= 0.6 is 0 Å². The van der Waals surface area contributed by atoms with Crippen LogP contribution in [-0.4, -0.2) is 26.9 Å². The molecule has 0 spiro atoms. The number of aryl methyl sites for hydroxylation is 1. The van der Waals surface area contributed by atoms with Crippen molar-refractivity contribution in [2.24, 2.45) is 7.05 Å². The second-order valence-electron chi connectivity index (χ2n) is 10.3. The van der Waals surface area contributed by atoms with Crippen molar-refractivity contribution < 1.29 is 19.1 Å². The number of unbranched alkanes of at least 4 members (excludes halogenated alkanes) is 7. The van der Waals surface area contributed by atoms with E-state index in [9.17, 15) is 19.2 Å². The van der Waals surface area contributed by atoms with E-state index < -0.39 is 11.9 Å². The number of esters is 1. The molecule has 4 rings (SSSR count). The summed E-state index contributed by atoms with van der Waals surface area (Å²) < 4.78 is 8.33. The summed E-state index contributed by atoms with van der Waals surface area (Å²) in [7, 11) is 1.69. The van der Waals surface area contributed by atoms with Crippen LogP contribution in [0, 0.1) is 11.8 Å². The van der Waals surface area contributed by atoms with Gasteiger partial charge in [0, 0.05) is 26.3 Å². The standard InChI is InChI=1S/C32H37N3O5/c1-34-30-25(18-14-19-26(30)35(32(34)39)27-21-22-28(36)33-31(27)38)17-12-7-5-3-2-4-6-8-13-20-29(37)40-23-24-15-10-9-11-16-24/h9-11,14-16,18-19,27H,2-8,13,20-23H2,1H3,(H,33,36,38). The Hall–Kier alpha value is -4.12. The number of ether oxygens (including phenoxy) is 1. The summed E-state index contributed by atoms with van der Waals surface area (Å²) in [6.45, 7) is 0.338. The van der Waals surface area contributed by atoms with Gasteiger partial charge in [0.2, 0.25) is 11.8 Å². The molecule has 1 aliphatic heterocycles. The molecule has 0 saturated carbocycles. The normalized spacial score (nSPS) is 15.0. The van der Waals surface area contributed by atoms with Gasteiger partial charge in [-0.3, -0.25) is 28.8 Å². The van der Waals surface area contributed by atoms with Crippen molar-refractivity contribution in [1.29, 1.82) is 0 Å². The number of hydrogen-bond donors (Lipinski definition) is 1. The molecule has 0 bridgehead atoms. The number of rotatable bonds is 12. The number of para-hydroxylation sites is 1. The van der Waals surface area contributed by atoms with Gasteiger partial charge in [0.1, 0.15) is 12.6 Å². The van der Waals surface area contributed by atoms with Crippen molar-refractivity contribution in [3.8, 4) is 11.8 Å². The molecule has 1 aromatic heterocycles. The fourth-order valence-corrected chi connectivity index (χ4v) is 5.10. The molecule has 0 aliphatic carbocycles. The van der Waals surface area contributed by atoms with E-state index in [4.69, 9.17) is 4.74 Å². The average Bonchev–Trinajstić information content (AvgIpc) is 3.21. The third kappa shape index (κ3) is 7.50. The largest absolute Gasteiger partial charge is 0.461 e. The van der Waals surface area contributed by atoms with E-state index in [0.29, 0.717) is 30.5 Å². The van der Waals surface area contributed by atoms with Crippen LogP contribution in [0.5, 0.6) is 0 Å². The molecule has 1 saturated heterocycles. The topological polar surface area (TPSA) is 99.4 Å². The highest BCUT2D eigenvalue weighted by Crippen LogP contribution is 2.24. The molecular formula is C32H37N3O5. The molecule has 1 fully saturated rings. The van der Waals surface area contributed by atoms with Gasteiger partial charge in [0.25, 0.3) is 0 Å². The SMILES string of the molecule is Cn1c(=O)n(C2CCC(=O)NC2=O)c2cccc(C#CCCCCCCCCCC(=O)OCc3ccccc3)c21. The summed E-state index contributed by atoms with van der Waals surface area (Å²) in [6.07, 6.45) is 9.14. The molecule has 1 N–H and O–H groups in total. The maximum absolute atomic E-state index is 13.0. The molecule has 1 aliphatic rings. The molecule has 1 unspecified atom stereocenters. The maximum Gasteiger partial charge on any atom is 0.329 e. The van der Waals surface area contributed by atoms with Gasteiger partial charge in [-0.2, -0.15) is 0 Å². The lowest BCUT2D eigenvalue weighted by Gasteiger charge is -2.21. The van der Waals surface area contributed by atoms with Crippen molar-refractivity contribution in [1.82, 2.24) is 14.5 Å². The molecule has 3 aromatic rings. The molecule has 1 atom stereocenters. The number of nitrogens with one attached hydrogen (secondary N) is 1. The van der Waals surface area contributed by atoms with Crippen LogP contribution in [-0.2, 0) is 32.8 Å². The zero-order chi connectivity index (χ0) is 28.3. The fraction of sp³-hybridized carbons (Fsp3) is 0.438. The van der Waals surface area contributed by atoms with E-state index in [1.807, 2.05) is 48.5 Å². The Morgan fingerprint density at radius 3 is 2.42 bits per heavy atom. The first-order valence-corrected chi connectivity index (χ1v) is 14.2. The number of carbonyl (C=O) groups is 3. The Morgan fingerprint density at radius 2 is 1.68 bits per heavy atom. The zero-order valence-electron chi connectivity index (χ0n) is 23.1. The van der Waals surface area contributed by atoms with E-state index in [2.05, 4.69) is 17.2 Å². The molecule has 0 radical (unpaired) electrons. The van der Waals surface area contributed by atoms with Crippen LogP contribution in [0.3, 0.4) is 0 Å². The number of hydrogen-bond acceptors (Lipinski definition) is 5. The second kappa shape index (κ2) is 14.3. The van der Waals surface area contributed by atoms with Gasteiger partial charge in [0.05, 0.1) is 16.6 Å². The molecule has 210 valence electrons.